The quantitative estimate of drug-likeness (QED) is 0.540. The summed E-state index contributed by atoms with van der Waals surface area (Å²) >= 11 is 0. The monoisotopic (exact) mass is 350 g/mol. The van der Waals surface area contributed by atoms with Gasteiger partial charge in [-0.2, -0.15) is 0 Å². The number of hydrogen-bond acceptors (Lipinski definition) is 3. The first-order valence-electron chi connectivity index (χ1n) is 8.04. The van der Waals surface area contributed by atoms with Crippen molar-refractivity contribution in [2.75, 3.05) is 11.9 Å². The molecule has 0 saturated heterocycles. The minimum absolute atomic E-state index is 0.152. The second-order valence-electron chi connectivity index (χ2n) is 5.81. The van der Waals surface area contributed by atoms with E-state index in [2.05, 4.69) is 15.6 Å². The number of anilines is 1. The number of benzene rings is 2. The van der Waals surface area contributed by atoms with Crippen molar-refractivity contribution >= 4 is 34.3 Å². The van der Waals surface area contributed by atoms with Crippen molar-refractivity contribution in [1.29, 1.82) is 0 Å². The van der Waals surface area contributed by atoms with Crippen LogP contribution in [0.1, 0.15) is 15.9 Å². The molecule has 3 amide bonds. The number of aromatic amines is 1. The molecule has 3 aromatic rings. The zero-order valence-corrected chi connectivity index (χ0v) is 13.9. The van der Waals surface area contributed by atoms with E-state index in [-0.39, 0.29) is 18.9 Å². The van der Waals surface area contributed by atoms with Gasteiger partial charge >= 0.3 is 0 Å². The number of para-hydroxylation sites is 1. The lowest BCUT2D eigenvalue weighted by molar-refractivity contribution is -0.117. The molecule has 3 rings (SSSR count). The predicted molar refractivity (Wildman–Crippen MR) is 98.6 cm³/mol. The van der Waals surface area contributed by atoms with Crippen LogP contribution in [0.3, 0.4) is 0 Å². The Kier molecular flexibility index (Phi) is 4.98. The number of aromatic nitrogens is 1. The zero-order chi connectivity index (χ0) is 18.5. The summed E-state index contributed by atoms with van der Waals surface area (Å²) < 4.78 is 0. The molecule has 2 aromatic carbocycles. The lowest BCUT2D eigenvalue weighted by Gasteiger charge is -2.07. The van der Waals surface area contributed by atoms with Crippen molar-refractivity contribution in [1.82, 2.24) is 10.3 Å². The second-order valence-corrected chi connectivity index (χ2v) is 5.81. The fourth-order valence-electron chi connectivity index (χ4n) is 2.63. The second kappa shape index (κ2) is 7.52. The highest BCUT2D eigenvalue weighted by Crippen LogP contribution is 2.18. The molecule has 0 bridgehead atoms. The van der Waals surface area contributed by atoms with Crippen LogP contribution in [-0.4, -0.2) is 29.3 Å². The van der Waals surface area contributed by atoms with Crippen molar-refractivity contribution in [3.63, 3.8) is 0 Å². The van der Waals surface area contributed by atoms with Gasteiger partial charge in [-0.3, -0.25) is 14.4 Å². The molecule has 0 fully saturated rings. The third kappa shape index (κ3) is 4.07. The third-order valence-electron chi connectivity index (χ3n) is 3.88. The molecule has 7 nitrogen and oxygen atoms in total. The summed E-state index contributed by atoms with van der Waals surface area (Å²) in [6.07, 6.45) is 2.07. The Hall–Kier alpha value is -3.61. The number of rotatable bonds is 6. The van der Waals surface area contributed by atoms with Gasteiger partial charge in [-0.25, -0.2) is 0 Å². The molecule has 0 spiro atoms. The topological polar surface area (TPSA) is 117 Å². The lowest BCUT2D eigenvalue weighted by Crippen LogP contribution is -2.33. The zero-order valence-electron chi connectivity index (χ0n) is 13.9. The van der Waals surface area contributed by atoms with Crippen molar-refractivity contribution in [2.24, 2.45) is 5.73 Å². The minimum Gasteiger partial charge on any atom is -0.368 e. The highest BCUT2D eigenvalue weighted by Gasteiger charge is 2.10. The standard InChI is InChI=1S/C19H18N4O3/c20-17(24)11-22-19(26)12-5-7-14(8-6-12)23-18(25)9-13-10-21-16-4-2-1-3-15(13)16/h1-8,10,21H,9,11H2,(H2,20,24)(H,22,26)(H,23,25). The number of fused-ring (bicyclic) bond motifs is 1. The Morgan fingerprint density at radius 1 is 1.00 bits per heavy atom. The average molecular weight is 350 g/mol. The number of nitrogens with two attached hydrogens (primary N) is 1. The molecular weight excluding hydrogens is 332 g/mol. The summed E-state index contributed by atoms with van der Waals surface area (Å²) in [5.74, 6) is -1.17. The van der Waals surface area contributed by atoms with Crippen LogP contribution in [0.25, 0.3) is 10.9 Å². The summed E-state index contributed by atoms with van der Waals surface area (Å²) in [5, 5.41) is 6.22. The molecule has 132 valence electrons. The maximum absolute atomic E-state index is 12.3. The van der Waals surface area contributed by atoms with Gasteiger partial charge in [0.15, 0.2) is 0 Å². The van der Waals surface area contributed by atoms with Gasteiger partial charge < -0.3 is 21.4 Å². The maximum atomic E-state index is 12.3. The summed E-state index contributed by atoms with van der Waals surface area (Å²) in [4.78, 5) is 37.9. The van der Waals surface area contributed by atoms with E-state index in [1.165, 1.54) is 0 Å². The van der Waals surface area contributed by atoms with Gasteiger partial charge in [0.05, 0.1) is 13.0 Å². The van der Waals surface area contributed by atoms with Gasteiger partial charge in [-0.15, -0.1) is 0 Å². The molecule has 1 heterocycles. The van der Waals surface area contributed by atoms with E-state index < -0.39 is 11.8 Å². The van der Waals surface area contributed by atoms with Crippen molar-refractivity contribution < 1.29 is 14.4 Å². The van der Waals surface area contributed by atoms with E-state index in [9.17, 15) is 14.4 Å². The molecule has 0 unspecified atom stereocenters. The molecule has 0 radical (unpaired) electrons. The number of primary amides is 1. The van der Waals surface area contributed by atoms with Crippen molar-refractivity contribution in [3.05, 3.63) is 65.9 Å². The molecule has 1 aromatic heterocycles. The first-order valence-corrected chi connectivity index (χ1v) is 8.04. The SMILES string of the molecule is NC(=O)CNC(=O)c1ccc(NC(=O)Cc2c[nH]c3ccccc23)cc1. The van der Waals surface area contributed by atoms with E-state index >= 15 is 0 Å². The minimum atomic E-state index is -0.612. The van der Waals surface area contributed by atoms with Gasteiger partial charge in [-0.1, -0.05) is 18.2 Å². The van der Waals surface area contributed by atoms with Gasteiger partial charge in [-0.05, 0) is 35.9 Å². The largest absolute Gasteiger partial charge is 0.368 e. The summed E-state index contributed by atoms with van der Waals surface area (Å²) in [5.41, 5.74) is 7.85. The highest BCUT2D eigenvalue weighted by atomic mass is 16.2. The Balaban J connectivity index is 1.61. The van der Waals surface area contributed by atoms with E-state index in [4.69, 9.17) is 5.73 Å². The normalized spacial score (nSPS) is 10.5. The van der Waals surface area contributed by atoms with E-state index in [0.29, 0.717) is 11.3 Å². The Labute approximate surface area is 149 Å². The number of nitrogens with one attached hydrogen (secondary N) is 3. The summed E-state index contributed by atoms with van der Waals surface area (Å²) in [6, 6.07) is 14.2. The molecule has 7 heteroatoms. The Morgan fingerprint density at radius 3 is 2.46 bits per heavy atom. The van der Waals surface area contributed by atoms with Gasteiger partial charge in [0.2, 0.25) is 11.8 Å². The number of hydrogen-bond donors (Lipinski definition) is 4. The van der Waals surface area contributed by atoms with E-state index in [0.717, 1.165) is 16.5 Å². The van der Waals surface area contributed by atoms with Gasteiger partial charge in [0.1, 0.15) is 0 Å². The molecule has 5 N–H and O–H groups in total. The third-order valence-corrected chi connectivity index (χ3v) is 3.88. The van der Waals surface area contributed by atoms with Gasteiger partial charge in [0.25, 0.3) is 5.91 Å². The molecule has 0 aliphatic heterocycles. The highest BCUT2D eigenvalue weighted by molar-refractivity contribution is 5.98. The van der Waals surface area contributed by atoms with Crippen LogP contribution in [0.4, 0.5) is 5.69 Å². The lowest BCUT2D eigenvalue weighted by atomic mass is 10.1. The predicted octanol–water partition coefficient (Wildman–Crippen LogP) is 1.56. The van der Waals surface area contributed by atoms with Crippen LogP contribution in [-0.2, 0) is 16.0 Å². The van der Waals surface area contributed by atoms with Crippen LogP contribution in [0.15, 0.2) is 54.7 Å². The number of amides is 3. The number of carbonyl (C=O) groups excluding carboxylic acids is 3. The first-order chi connectivity index (χ1) is 12.5. The van der Waals surface area contributed by atoms with Crippen LogP contribution < -0.4 is 16.4 Å². The van der Waals surface area contributed by atoms with E-state index in [1.807, 2.05) is 30.5 Å². The Bertz CT molecular complexity index is 960. The molecule has 0 aliphatic rings. The molecule has 0 atom stereocenters. The van der Waals surface area contributed by atoms with Crippen molar-refractivity contribution in [2.45, 2.75) is 6.42 Å². The first kappa shape index (κ1) is 17.2. The molecule has 26 heavy (non-hydrogen) atoms. The van der Waals surface area contributed by atoms with E-state index in [1.54, 1.807) is 24.3 Å². The fourth-order valence-corrected chi connectivity index (χ4v) is 2.63. The van der Waals surface area contributed by atoms with Gasteiger partial charge in [0, 0.05) is 28.4 Å². The van der Waals surface area contributed by atoms with Crippen LogP contribution in [0.2, 0.25) is 0 Å². The number of H-pyrrole nitrogens is 1. The molecular formula is C19H18N4O3. The maximum Gasteiger partial charge on any atom is 0.251 e. The Morgan fingerprint density at radius 2 is 1.73 bits per heavy atom. The van der Waals surface area contributed by atoms with Crippen molar-refractivity contribution in [3.8, 4) is 0 Å². The van der Waals surface area contributed by atoms with Crippen LogP contribution in [0, 0.1) is 0 Å². The molecule has 0 saturated carbocycles. The number of carbonyl (C=O) groups is 3. The van der Waals surface area contributed by atoms with Crippen LogP contribution in [0.5, 0.6) is 0 Å². The smallest absolute Gasteiger partial charge is 0.251 e. The fraction of sp³-hybridized carbons (Fsp3) is 0.105. The molecule has 0 aliphatic carbocycles. The summed E-state index contributed by atoms with van der Waals surface area (Å²) in [7, 11) is 0. The summed E-state index contributed by atoms with van der Waals surface area (Å²) in [6.45, 7) is -0.220. The average Bonchev–Trinajstić information content (AvgIpc) is 3.03. The van der Waals surface area contributed by atoms with Crippen LogP contribution >= 0.6 is 0 Å².